The first-order chi connectivity index (χ1) is 11.1. The van der Waals surface area contributed by atoms with Crippen LogP contribution in [0.4, 0.5) is 10.1 Å². The molecule has 3 aromatic rings. The number of nitrogens with one attached hydrogen (secondary N) is 1. The largest absolute Gasteiger partial charge is 0.484 e. The van der Waals surface area contributed by atoms with Gasteiger partial charge in [-0.2, -0.15) is 0 Å². The first kappa shape index (κ1) is 14.8. The third-order valence-corrected chi connectivity index (χ3v) is 3.11. The van der Waals surface area contributed by atoms with Crippen molar-refractivity contribution >= 4 is 22.6 Å². The lowest BCUT2D eigenvalue weighted by molar-refractivity contribution is -0.118. The Balaban J connectivity index is 1.67. The smallest absolute Gasteiger partial charge is 0.336 e. The van der Waals surface area contributed by atoms with E-state index in [0.29, 0.717) is 11.3 Å². The highest BCUT2D eigenvalue weighted by Gasteiger charge is 2.08. The number of halogens is 1. The highest BCUT2D eigenvalue weighted by Crippen LogP contribution is 2.19. The summed E-state index contributed by atoms with van der Waals surface area (Å²) in [6.45, 7) is -0.295. The van der Waals surface area contributed by atoms with Crippen LogP contribution in [-0.2, 0) is 4.79 Å². The Morgan fingerprint density at radius 2 is 1.91 bits per heavy atom. The molecule has 1 N–H and O–H groups in total. The average molecular weight is 313 g/mol. The van der Waals surface area contributed by atoms with E-state index in [1.165, 1.54) is 30.3 Å². The maximum Gasteiger partial charge on any atom is 0.336 e. The van der Waals surface area contributed by atoms with Crippen molar-refractivity contribution in [3.63, 3.8) is 0 Å². The van der Waals surface area contributed by atoms with Gasteiger partial charge >= 0.3 is 5.63 Å². The highest BCUT2D eigenvalue weighted by molar-refractivity contribution is 5.92. The second-order valence-corrected chi connectivity index (χ2v) is 4.77. The number of ether oxygens (including phenoxy) is 1. The number of para-hydroxylation sites is 1. The zero-order chi connectivity index (χ0) is 16.2. The van der Waals surface area contributed by atoms with Gasteiger partial charge in [0.25, 0.3) is 5.91 Å². The number of amides is 1. The molecule has 5 nitrogen and oxygen atoms in total. The van der Waals surface area contributed by atoms with E-state index in [0.717, 1.165) is 5.39 Å². The minimum absolute atomic E-state index is 0.0885. The fourth-order valence-corrected chi connectivity index (χ4v) is 2.03. The molecule has 0 saturated heterocycles. The van der Waals surface area contributed by atoms with E-state index in [1.54, 1.807) is 24.3 Å². The molecule has 1 amide bonds. The molecule has 0 unspecified atom stereocenters. The molecule has 0 aliphatic carbocycles. The molecule has 0 aliphatic heterocycles. The van der Waals surface area contributed by atoms with Gasteiger partial charge < -0.3 is 14.5 Å². The van der Waals surface area contributed by atoms with Crippen LogP contribution in [0.15, 0.2) is 63.8 Å². The van der Waals surface area contributed by atoms with E-state index in [9.17, 15) is 14.0 Å². The fourth-order valence-electron chi connectivity index (χ4n) is 2.03. The van der Waals surface area contributed by atoms with Gasteiger partial charge in [-0.3, -0.25) is 4.79 Å². The normalized spacial score (nSPS) is 10.5. The zero-order valence-electron chi connectivity index (χ0n) is 11.9. The number of hydrogen-bond donors (Lipinski definition) is 1. The zero-order valence-corrected chi connectivity index (χ0v) is 11.9. The Morgan fingerprint density at radius 3 is 2.74 bits per heavy atom. The number of fused-ring (bicyclic) bond motifs is 1. The highest BCUT2D eigenvalue weighted by atomic mass is 19.1. The molecule has 1 heterocycles. The molecule has 0 bridgehead atoms. The van der Waals surface area contributed by atoms with E-state index in [2.05, 4.69) is 5.32 Å². The van der Waals surface area contributed by atoms with Crippen molar-refractivity contribution in [2.45, 2.75) is 0 Å². The quantitative estimate of drug-likeness (QED) is 0.752. The molecule has 3 rings (SSSR count). The van der Waals surface area contributed by atoms with Crippen LogP contribution in [0.2, 0.25) is 0 Å². The minimum Gasteiger partial charge on any atom is -0.484 e. The lowest BCUT2D eigenvalue weighted by Gasteiger charge is -2.08. The molecule has 2 aromatic carbocycles. The van der Waals surface area contributed by atoms with Gasteiger partial charge in [-0.25, -0.2) is 9.18 Å². The van der Waals surface area contributed by atoms with Crippen LogP contribution in [0.3, 0.4) is 0 Å². The second-order valence-electron chi connectivity index (χ2n) is 4.77. The molecule has 0 aliphatic rings. The van der Waals surface area contributed by atoms with Crippen molar-refractivity contribution in [2.75, 3.05) is 11.9 Å². The van der Waals surface area contributed by atoms with Gasteiger partial charge in [-0.1, -0.05) is 12.1 Å². The molecule has 6 heteroatoms. The molecule has 0 atom stereocenters. The summed E-state index contributed by atoms with van der Waals surface area (Å²) in [5, 5.41) is 3.16. The standard InChI is InChI=1S/C17H12FNO4/c18-13-3-1-2-4-14(13)19-16(20)10-22-12-7-5-11-6-8-17(21)23-15(11)9-12/h1-9H,10H2,(H,19,20). The molecule has 0 saturated carbocycles. The Morgan fingerprint density at radius 1 is 1.13 bits per heavy atom. The van der Waals surface area contributed by atoms with Crippen molar-refractivity contribution < 1.29 is 18.3 Å². The summed E-state index contributed by atoms with van der Waals surface area (Å²) in [5.74, 6) is -0.645. The predicted octanol–water partition coefficient (Wildman–Crippen LogP) is 2.95. The van der Waals surface area contributed by atoms with E-state index in [4.69, 9.17) is 9.15 Å². The maximum absolute atomic E-state index is 13.4. The van der Waals surface area contributed by atoms with Crippen molar-refractivity contribution in [3.8, 4) is 5.75 Å². The number of carbonyl (C=O) groups excluding carboxylic acids is 1. The minimum atomic E-state index is -0.520. The number of benzene rings is 2. The van der Waals surface area contributed by atoms with Gasteiger partial charge in [0.1, 0.15) is 17.1 Å². The van der Waals surface area contributed by atoms with Crippen molar-refractivity contribution in [1.29, 1.82) is 0 Å². The predicted molar refractivity (Wildman–Crippen MR) is 83.0 cm³/mol. The van der Waals surface area contributed by atoms with Gasteiger partial charge in [0.15, 0.2) is 6.61 Å². The molecule has 23 heavy (non-hydrogen) atoms. The molecule has 0 spiro atoms. The van der Waals surface area contributed by atoms with Gasteiger partial charge in [0.05, 0.1) is 5.69 Å². The third kappa shape index (κ3) is 3.55. The average Bonchev–Trinajstić information content (AvgIpc) is 2.54. The molecule has 1 aromatic heterocycles. The second kappa shape index (κ2) is 6.31. The van der Waals surface area contributed by atoms with Crippen LogP contribution in [0.1, 0.15) is 0 Å². The van der Waals surface area contributed by atoms with Crippen LogP contribution in [0.5, 0.6) is 5.75 Å². The van der Waals surface area contributed by atoms with Crippen LogP contribution in [0.25, 0.3) is 11.0 Å². The molecular weight excluding hydrogens is 301 g/mol. The first-order valence-corrected chi connectivity index (χ1v) is 6.83. The van der Waals surface area contributed by atoms with Crippen LogP contribution in [-0.4, -0.2) is 12.5 Å². The van der Waals surface area contributed by atoms with Crippen molar-refractivity contribution in [3.05, 3.63) is 70.8 Å². The fraction of sp³-hybridized carbons (Fsp3) is 0.0588. The summed E-state index contributed by atoms with van der Waals surface area (Å²) < 4.78 is 23.8. The summed E-state index contributed by atoms with van der Waals surface area (Å²) in [4.78, 5) is 23.0. The SMILES string of the molecule is O=C(COc1ccc2ccc(=O)oc2c1)Nc1ccccc1F. The Labute approximate surface area is 130 Å². The van der Waals surface area contributed by atoms with E-state index in [-0.39, 0.29) is 12.3 Å². The summed E-state index contributed by atoms with van der Waals surface area (Å²) in [7, 11) is 0. The van der Waals surface area contributed by atoms with Gasteiger partial charge in [0, 0.05) is 17.5 Å². The lowest BCUT2D eigenvalue weighted by Crippen LogP contribution is -2.20. The third-order valence-electron chi connectivity index (χ3n) is 3.11. The molecule has 116 valence electrons. The Bertz CT molecular complexity index is 920. The Kier molecular flexibility index (Phi) is 4.05. The number of rotatable bonds is 4. The number of hydrogen-bond acceptors (Lipinski definition) is 4. The van der Waals surface area contributed by atoms with E-state index in [1.807, 2.05) is 0 Å². The monoisotopic (exact) mass is 313 g/mol. The summed E-state index contributed by atoms with van der Waals surface area (Å²) in [5.41, 5.74) is -0.0120. The molecule has 0 fully saturated rings. The summed E-state index contributed by atoms with van der Waals surface area (Å²) >= 11 is 0. The van der Waals surface area contributed by atoms with Crippen LogP contribution < -0.4 is 15.7 Å². The number of anilines is 1. The van der Waals surface area contributed by atoms with Gasteiger partial charge in [-0.05, 0) is 30.3 Å². The molecular formula is C17H12FNO4. The van der Waals surface area contributed by atoms with E-state index < -0.39 is 17.3 Å². The summed E-state index contributed by atoms with van der Waals surface area (Å²) in [6.07, 6.45) is 0. The first-order valence-electron chi connectivity index (χ1n) is 6.83. The van der Waals surface area contributed by atoms with E-state index >= 15 is 0 Å². The van der Waals surface area contributed by atoms with Gasteiger partial charge in [-0.15, -0.1) is 0 Å². The van der Waals surface area contributed by atoms with Crippen LogP contribution >= 0.6 is 0 Å². The lowest BCUT2D eigenvalue weighted by atomic mass is 10.2. The van der Waals surface area contributed by atoms with Crippen molar-refractivity contribution in [1.82, 2.24) is 0 Å². The maximum atomic E-state index is 13.4. The molecule has 0 radical (unpaired) electrons. The Hall–Kier alpha value is -3.15. The van der Waals surface area contributed by atoms with Gasteiger partial charge in [0.2, 0.25) is 0 Å². The van der Waals surface area contributed by atoms with Crippen molar-refractivity contribution in [2.24, 2.45) is 0 Å². The summed E-state index contributed by atoms with van der Waals surface area (Å²) in [6, 6.07) is 13.7. The van der Waals surface area contributed by atoms with Crippen LogP contribution in [0, 0.1) is 5.82 Å². The number of carbonyl (C=O) groups is 1. The topological polar surface area (TPSA) is 68.5 Å².